The van der Waals surface area contributed by atoms with Gasteiger partial charge in [0.25, 0.3) is 0 Å². The number of Topliss-reactive ketones (excluding diaryl/α,β-unsaturated/α-hetero) is 1. The maximum absolute atomic E-state index is 13.5. The molecule has 170 valence electrons. The molecule has 0 radical (unpaired) electrons. The van der Waals surface area contributed by atoms with Crippen LogP contribution in [0.2, 0.25) is 0 Å². The van der Waals surface area contributed by atoms with Crippen molar-refractivity contribution in [3.05, 3.63) is 0 Å². The van der Waals surface area contributed by atoms with E-state index in [4.69, 9.17) is 0 Å². The van der Waals surface area contributed by atoms with Crippen molar-refractivity contribution in [2.45, 2.75) is 105 Å². The largest absolute Gasteiger partial charge is 0.342 e. The lowest BCUT2D eigenvalue weighted by molar-refractivity contribution is -0.167. The molecular weight excluding hydrogens is 370 g/mol. The standard InChI is InChI=1S/C27H45NO2/c1-17(2)8-7-9-18(3)19-10-11-20-25-21(12-14-26(19,20)4)27(5)15-13-24(30)28(6)23(27)16-22(25)29/h17-21,23,25H,7-16H2,1-6H3/t18?,19?,20?,21?,23?,25?,26-,27-/m1/s1. The van der Waals surface area contributed by atoms with E-state index in [0.717, 1.165) is 24.2 Å². The molecule has 4 aliphatic rings. The van der Waals surface area contributed by atoms with Gasteiger partial charge in [0.15, 0.2) is 0 Å². The predicted octanol–water partition coefficient (Wildman–Crippen LogP) is 6.11. The van der Waals surface area contributed by atoms with Gasteiger partial charge in [-0.05, 0) is 72.5 Å². The first-order valence-corrected chi connectivity index (χ1v) is 12.9. The Kier molecular flexibility index (Phi) is 5.90. The van der Waals surface area contributed by atoms with Crippen LogP contribution >= 0.6 is 0 Å². The van der Waals surface area contributed by atoms with Crippen LogP contribution in [0.5, 0.6) is 0 Å². The number of carbonyl (C=O) groups is 2. The highest BCUT2D eigenvalue weighted by Gasteiger charge is 2.63. The van der Waals surface area contributed by atoms with E-state index in [-0.39, 0.29) is 23.3 Å². The van der Waals surface area contributed by atoms with Gasteiger partial charge < -0.3 is 4.90 Å². The molecular formula is C27H45NO2. The first-order valence-electron chi connectivity index (χ1n) is 12.9. The van der Waals surface area contributed by atoms with E-state index < -0.39 is 0 Å². The highest BCUT2D eigenvalue weighted by atomic mass is 16.2. The molecule has 0 bridgehead atoms. The summed E-state index contributed by atoms with van der Waals surface area (Å²) < 4.78 is 0. The van der Waals surface area contributed by atoms with Crippen LogP contribution in [-0.2, 0) is 9.59 Å². The summed E-state index contributed by atoms with van der Waals surface area (Å²) in [6.45, 7) is 12.1. The molecule has 0 aromatic heterocycles. The second kappa shape index (κ2) is 7.93. The van der Waals surface area contributed by atoms with Gasteiger partial charge in [-0.2, -0.15) is 0 Å². The van der Waals surface area contributed by atoms with Crippen LogP contribution in [0.3, 0.4) is 0 Å². The van der Waals surface area contributed by atoms with Crippen molar-refractivity contribution in [3.63, 3.8) is 0 Å². The highest BCUT2D eigenvalue weighted by molar-refractivity contribution is 5.86. The molecule has 4 fully saturated rings. The van der Waals surface area contributed by atoms with Crippen LogP contribution in [-0.4, -0.2) is 29.7 Å². The molecule has 1 saturated heterocycles. The second-order valence-corrected chi connectivity index (χ2v) is 12.5. The summed E-state index contributed by atoms with van der Waals surface area (Å²) in [5.41, 5.74) is 0.469. The average Bonchev–Trinajstić information content (AvgIpc) is 3.03. The molecule has 3 saturated carbocycles. The summed E-state index contributed by atoms with van der Waals surface area (Å²) in [5, 5.41) is 0. The summed E-state index contributed by atoms with van der Waals surface area (Å²) in [6, 6.07) is 0.129. The normalized spacial score (nSPS) is 44.6. The number of ketones is 1. The Labute approximate surface area is 184 Å². The molecule has 30 heavy (non-hydrogen) atoms. The smallest absolute Gasteiger partial charge is 0.222 e. The van der Waals surface area contributed by atoms with E-state index in [9.17, 15) is 9.59 Å². The summed E-state index contributed by atoms with van der Waals surface area (Å²) >= 11 is 0. The molecule has 3 aliphatic carbocycles. The van der Waals surface area contributed by atoms with Crippen molar-refractivity contribution in [1.29, 1.82) is 0 Å². The van der Waals surface area contributed by atoms with E-state index in [1.807, 2.05) is 11.9 Å². The number of rotatable bonds is 5. The summed E-state index contributed by atoms with van der Waals surface area (Å²) in [5.74, 6) is 4.37. The first kappa shape index (κ1) is 22.3. The van der Waals surface area contributed by atoms with Gasteiger partial charge in [-0.15, -0.1) is 0 Å². The minimum atomic E-state index is 0.129. The van der Waals surface area contributed by atoms with Crippen molar-refractivity contribution in [3.8, 4) is 0 Å². The van der Waals surface area contributed by atoms with Crippen LogP contribution < -0.4 is 0 Å². The van der Waals surface area contributed by atoms with Gasteiger partial charge in [-0.1, -0.05) is 53.9 Å². The Bertz CT molecular complexity index is 686. The third kappa shape index (κ3) is 3.37. The van der Waals surface area contributed by atoms with Crippen LogP contribution in [0.15, 0.2) is 0 Å². The number of likely N-dealkylation sites (tertiary alicyclic amines) is 1. The maximum Gasteiger partial charge on any atom is 0.222 e. The molecule has 8 atom stereocenters. The topological polar surface area (TPSA) is 37.4 Å². The Morgan fingerprint density at radius 2 is 1.67 bits per heavy atom. The number of amides is 1. The SMILES string of the molecule is CC(C)CCCC(C)C1CCC2C3C(=O)CC4N(C)C(=O)CC[C@]4(C)C3CC[C@]12C. The lowest BCUT2D eigenvalue weighted by Gasteiger charge is -2.61. The van der Waals surface area contributed by atoms with Gasteiger partial charge in [0.1, 0.15) is 5.78 Å². The van der Waals surface area contributed by atoms with E-state index in [1.54, 1.807) is 0 Å². The zero-order valence-electron chi connectivity index (χ0n) is 20.4. The lowest BCUT2D eigenvalue weighted by atomic mass is 9.46. The Balaban J connectivity index is 1.54. The van der Waals surface area contributed by atoms with Crippen LogP contribution in [0.25, 0.3) is 0 Å². The van der Waals surface area contributed by atoms with E-state index in [1.165, 1.54) is 44.9 Å². The summed E-state index contributed by atoms with van der Waals surface area (Å²) in [4.78, 5) is 27.8. The van der Waals surface area contributed by atoms with Crippen LogP contribution in [0, 0.1) is 46.3 Å². The molecule has 6 unspecified atom stereocenters. The highest BCUT2D eigenvalue weighted by Crippen LogP contribution is 2.66. The van der Waals surface area contributed by atoms with Crippen molar-refractivity contribution in [1.82, 2.24) is 4.90 Å². The third-order valence-electron chi connectivity index (χ3n) is 10.6. The van der Waals surface area contributed by atoms with Gasteiger partial charge in [-0.25, -0.2) is 0 Å². The molecule has 0 spiro atoms. The summed E-state index contributed by atoms with van der Waals surface area (Å²) in [7, 11) is 1.94. The number of fused-ring (bicyclic) bond motifs is 5. The second-order valence-electron chi connectivity index (χ2n) is 12.5. The van der Waals surface area contributed by atoms with E-state index in [2.05, 4.69) is 34.6 Å². The van der Waals surface area contributed by atoms with Gasteiger partial charge in [0.2, 0.25) is 5.91 Å². The van der Waals surface area contributed by atoms with Crippen molar-refractivity contribution in [2.75, 3.05) is 7.05 Å². The minimum absolute atomic E-state index is 0.129. The number of piperidine rings is 1. The average molecular weight is 416 g/mol. The lowest BCUT2D eigenvalue weighted by Crippen LogP contribution is -2.64. The van der Waals surface area contributed by atoms with Gasteiger partial charge >= 0.3 is 0 Å². The fourth-order valence-corrected chi connectivity index (χ4v) is 8.82. The Morgan fingerprint density at radius 1 is 0.967 bits per heavy atom. The number of carbonyl (C=O) groups excluding carboxylic acids is 2. The minimum Gasteiger partial charge on any atom is -0.342 e. The van der Waals surface area contributed by atoms with Crippen LogP contribution in [0.1, 0.15) is 98.8 Å². The zero-order valence-corrected chi connectivity index (χ0v) is 20.4. The van der Waals surface area contributed by atoms with Crippen molar-refractivity contribution >= 4 is 11.7 Å². The van der Waals surface area contributed by atoms with Crippen molar-refractivity contribution < 1.29 is 9.59 Å². The molecule has 1 amide bonds. The molecule has 4 rings (SSSR count). The van der Waals surface area contributed by atoms with Crippen molar-refractivity contribution in [2.24, 2.45) is 46.3 Å². The van der Waals surface area contributed by atoms with E-state index >= 15 is 0 Å². The quantitative estimate of drug-likeness (QED) is 0.543. The fourth-order valence-electron chi connectivity index (χ4n) is 8.82. The molecule has 1 aliphatic heterocycles. The molecule has 0 aromatic rings. The molecule has 3 heteroatoms. The summed E-state index contributed by atoms with van der Waals surface area (Å²) in [6.07, 6.45) is 11.3. The fraction of sp³-hybridized carbons (Fsp3) is 0.926. The van der Waals surface area contributed by atoms with Crippen LogP contribution in [0.4, 0.5) is 0 Å². The predicted molar refractivity (Wildman–Crippen MR) is 122 cm³/mol. The molecule has 0 aromatic carbocycles. The number of hydrogen-bond donors (Lipinski definition) is 0. The molecule has 1 heterocycles. The third-order valence-corrected chi connectivity index (χ3v) is 10.6. The maximum atomic E-state index is 13.5. The van der Waals surface area contributed by atoms with Gasteiger partial charge in [0.05, 0.1) is 0 Å². The number of nitrogens with zero attached hydrogens (tertiary/aromatic N) is 1. The monoisotopic (exact) mass is 415 g/mol. The Morgan fingerprint density at radius 3 is 2.37 bits per heavy atom. The molecule has 3 nitrogen and oxygen atoms in total. The van der Waals surface area contributed by atoms with Gasteiger partial charge in [0, 0.05) is 31.8 Å². The zero-order chi connectivity index (χ0) is 21.8. The molecule has 0 N–H and O–H groups in total. The van der Waals surface area contributed by atoms with E-state index in [0.29, 0.717) is 35.9 Å². The first-order chi connectivity index (χ1) is 14.1. The Hall–Kier alpha value is -0.860. The van der Waals surface area contributed by atoms with Gasteiger partial charge in [-0.3, -0.25) is 9.59 Å². The number of hydrogen-bond acceptors (Lipinski definition) is 2.